The highest BCUT2D eigenvalue weighted by atomic mass is 35.5. The molecule has 1 aromatic rings. The maximum atomic E-state index is 11.2. The Labute approximate surface area is 127 Å². The van der Waals surface area contributed by atoms with Crippen molar-refractivity contribution >= 4 is 28.9 Å². The Hall–Kier alpha value is -1.82. The first-order chi connectivity index (χ1) is 9.97. The molecule has 1 atom stereocenters. The Morgan fingerprint density at radius 3 is 2.95 bits per heavy atom. The number of piperidine rings is 1. The largest absolute Gasteiger partial charge is 0.481 e. The minimum Gasteiger partial charge on any atom is -0.481 e. The van der Waals surface area contributed by atoms with Crippen LogP contribution in [0.3, 0.4) is 0 Å². The molecule has 7 heteroatoms. The fourth-order valence-corrected chi connectivity index (χ4v) is 2.92. The fraction of sp³-hybridized carbons (Fsp3) is 0.500. The van der Waals surface area contributed by atoms with E-state index in [0.29, 0.717) is 23.7 Å². The fourth-order valence-electron chi connectivity index (χ4n) is 2.76. The smallest absolute Gasteiger partial charge is 0.303 e. The molecular formula is C14H17ClN2O4. The van der Waals surface area contributed by atoms with E-state index >= 15 is 0 Å². The highest BCUT2D eigenvalue weighted by Gasteiger charge is 2.25. The second kappa shape index (κ2) is 6.76. The number of hydrogen-bond acceptors (Lipinski definition) is 4. The minimum absolute atomic E-state index is 0.00128. The monoisotopic (exact) mass is 312 g/mol. The zero-order valence-corrected chi connectivity index (χ0v) is 12.3. The van der Waals surface area contributed by atoms with Crippen LogP contribution in [0.2, 0.25) is 5.02 Å². The summed E-state index contributed by atoms with van der Waals surface area (Å²) in [5.41, 5.74) is 0.561. The van der Waals surface area contributed by atoms with Gasteiger partial charge < -0.3 is 10.0 Å². The summed E-state index contributed by atoms with van der Waals surface area (Å²) in [4.78, 5) is 23.3. The number of carbonyl (C=O) groups is 1. The van der Waals surface area contributed by atoms with Crippen molar-refractivity contribution in [2.45, 2.75) is 25.7 Å². The van der Waals surface area contributed by atoms with Gasteiger partial charge in [-0.1, -0.05) is 11.6 Å². The van der Waals surface area contributed by atoms with Gasteiger partial charge in [-0.15, -0.1) is 0 Å². The van der Waals surface area contributed by atoms with E-state index in [1.54, 1.807) is 12.1 Å². The number of rotatable bonds is 5. The number of nitrogens with zero attached hydrogens (tertiary/aromatic N) is 2. The summed E-state index contributed by atoms with van der Waals surface area (Å²) in [7, 11) is 0. The maximum Gasteiger partial charge on any atom is 0.303 e. The Balaban J connectivity index is 2.14. The summed E-state index contributed by atoms with van der Waals surface area (Å²) in [6.07, 6.45) is 2.61. The number of halogens is 1. The number of anilines is 1. The standard InChI is InChI=1S/C14H17ClN2O4/c15-11-4-5-12(13(8-11)17(20)21)16-7-1-2-10(9-16)3-6-14(18)19/h4-5,8,10H,1-3,6-7,9H2,(H,18,19). The summed E-state index contributed by atoms with van der Waals surface area (Å²) in [6, 6.07) is 4.67. The summed E-state index contributed by atoms with van der Waals surface area (Å²) >= 11 is 5.82. The SMILES string of the molecule is O=C(O)CCC1CCCN(c2ccc(Cl)cc2[N+](=O)[O-])C1. The van der Waals surface area contributed by atoms with Gasteiger partial charge in [0.05, 0.1) is 4.92 Å². The zero-order chi connectivity index (χ0) is 15.4. The molecule has 114 valence electrons. The van der Waals surface area contributed by atoms with E-state index in [-0.39, 0.29) is 18.0 Å². The first-order valence-corrected chi connectivity index (χ1v) is 7.26. The highest BCUT2D eigenvalue weighted by Crippen LogP contribution is 2.34. The summed E-state index contributed by atoms with van der Waals surface area (Å²) in [5, 5.41) is 20.3. The molecule has 0 aliphatic carbocycles. The van der Waals surface area contributed by atoms with Crippen LogP contribution in [0.5, 0.6) is 0 Å². The van der Waals surface area contributed by atoms with Crippen LogP contribution in [0.1, 0.15) is 25.7 Å². The molecule has 0 bridgehead atoms. The van der Waals surface area contributed by atoms with Gasteiger partial charge in [0.25, 0.3) is 5.69 Å². The van der Waals surface area contributed by atoms with Gasteiger partial charge in [0.2, 0.25) is 0 Å². The van der Waals surface area contributed by atoms with Crippen LogP contribution >= 0.6 is 11.6 Å². The molecule has 6 nitrogen and oxygen atoms in total. The molecule has 0 saturated carbocycles. The zero-order valence-electron chi connectivity index (χ0n) is 11.5. The topological polar surface area (TPSA) is 83.7 Å². The average molecular weight is 313 g/mol. The lowest BCUT2D eigenvalue weighted by Crippen LogP contribution is -2.36. The third kappa shape index (κ3) is 4.07. The molecule has 1 aromatic carbocycles. The lowest BCUT2D eigenvalue weighted by atomic mass is 9.93. The van der Waals surface area contributed by atoms with Crippen molar-refractivity contribution in [3.05, 3.63) is 33.3 Å². The second-order valence-electron chi connectivity index (χ2n) is 5.28. The molecular weight excluding hydrogens is 296 g/mol. The van der Waals surface area contributed by atoms with E-state index in [1.165, 1.54) is 6.07 Å². The van der Waals surface area contributed by atoms with Crippen molar-refractivity contribution in [1.29, 1.82) is 0 Å². The van der Waals surface area contributed by atoms with Crippen LogP contribution in [0.25, 0.3) is 0 Å². The molecule has 1 aliphatic heterocycles. The van der Waals surface area contributed by atoms with E-state index in [2.05, 4.69) is 0 Å². The number of nitro benzene ring substituents is 1. The lowest BCUT2D eigenvalue weighted by Gasteiger charge is -2.34. The Morgan fingerprint density at radius 1 is 1.52 bits per heavy atom. The van der Waals surface area contributed by atoms with Crippen LogP contribution in [0, 0.1) is 16.0 Å². The van der Waals surface area contributed by atoms with E-state index < -0.39 is 10.9 Å². The normalized spacial score (nSPS) is 18.5. The lowest BCUT2D eigenvalue weighted by molar-refractivity contribution is -0.384. The van der Waals surface area contributed by atoms with Gasteiger partial charge in [-0.3, -0.25) is 14.9 Å². The number of carboxylic acids is 1. The maximum absolute atomic E-state index is 11.2. The van der Waals surface area contributed by atoms with E-state index in [9.17, 15) is 14.9 Å². The van der Waals surface area contributed by atoms with Gasteiger partial charge in [-0.2, -0.15) is 0 Å². The molecule has 2 rings (SSSR count). The second-order valence-corrected chi connectivity index (χ2v) is 5.71. The molecule has 0 spiro atoms. The summed E-state index contributed by atoms with van der Waals surface area (Å²) < 4.78 is 0. The Kier molecular flexibility index (Phi) is 5.01. The first-order valence-electron chi connectivity index (χ1n) is 6.88. The highest BCUT2D eigenvalue weighted by molar-refractivity contribution is 6.30. The van der Waals surface area contributed by atoms with Crippen molar-refractivity contribution in [2.75, 3.05) is 18.0 Å². The average Bonchev–Trinajstić information content (AvgIpc) is 2.45. The number of hydrogen-bond donors (Lipinski definition) is 1. The quantitative estimate of drug-likeness (QED) is 0.666. The third-order valence-electron chi connectivity index (χ3n) is 3.76. The first kappa shape index (κ1) is 15.6. The van der Waals surface area contributed by atoms with E-state index in [4.69, 9.17) is 16.7 Å². The van der Waals surface area contributed by atoms with Crippen LogP contribution in [0.15, 0.2) is 18.2 Å². The molecule has 1 fully saturated rings. The van der Waals surface area contributed by atoms with Crippen LogP contribution < -0.4 is 4.90 Å². The molecule has 21 heavy (non-hydrogen) atoms. The van der Waals surface area contributed by atoms with Crippen molar-refractivity contribution in [1.82, 2.24) is 0 Å². The number of aliphatic carboxylic acids is 1. The van der Waals surface area contributed by atoms with Crippen molar-refractivity contribution < 1.29 is 14.8 Å². The summed E-state index contributed by atoms with van der Waals surface area (Å²) in [6.45, 7) is 1.39. The predicted molar refractivity (Wildman–Crippen MR) is 79.9 cm³/mol. The van der Waals surface area contributed by atoms with Crippen LogP contribution in [0.4, 0.5) is 11.4 Å². The van der Waals surface area contributed by atoms with Gasteiger partial charge >= 0.3 is 5.97 Å². The Bertz CT molecular complexity index is 550. The number of nitro groups is 1. The molecule has 1 saturated heterocycles. The number of carboxylic acid groups (broad SMARTS) is 1. The van der Waals surface area contributed by atoms with Crippen molar-refractivity contribution in [3.63, 3.8) is 0 Å². The van der Waals surface area contributed by atoms with Gasteiger partial charge in [-0.25, -0.2) is 0 Å². The van der Waals surface area contributed by atoms with Crippen LogP contribution in [-0.2, 0) is 4.79 Å². The third-order valence-corrected chi connectivity index (χ3v) is 4.00. The molecule has 0 radical (unpaired) electrons. The van der Waals surface area contributed by atoms with Gasteiger partial charge in [0.15, 0.2) is 0 Å². The molecule has 1 unspecified atom stereocenters. The van der Waals surface area contributed by atoms with E-state index in [1.807, 2.05) is 4.90 Å². The predicted octanol–water partition coefficient (Wildman–Crippen LogP) is 3.33. The summed E-state index contributed by atoms with van der Waals surface area (Å²) in [5.74, 6) is -0.547. The van der Waals surface area contributed by atoms with Crippen molar-refractivity contribution in [3.8, 4) is 0 Å². The molecule has 1 aliphatic rings. The minimum atomic E-state index is -0.801. The van der Waals surface area contributed by atoms with Gasteiger partial charge in [-0.05, 0) is 37.3 Å². The van der Waals surface area contributed by atoms with Gasteiger partial charge in [0, 0.05) is 30.6 Å². The molecule has 1 heterocycles. The molecule has 0 aromatic heterocycles. The number of benzene rings is 1. The van der Waals surface area contributed by atoms with Crippen molar-refractivity contribution in [2.24, 2.45) is 5.92 Å². The Morgan fingerprint density at radius 2 is 2.29 bits per heavy atom. The van der Waals surface area contributed by atoms with Gasteiger partial charge in [0.1, 0.15) is 5.69 Å². The molecule has 1 N–H and O–H groups in total. The van der Waals surface area contributed by atoms with Crippen LogP contribution in [-0.4, -0.2) is 29.1 Å². The van der Waals surface area contributed by atoms with E-state index in [0.717, 1.165) is 19.4 Å². The molecule has 0 amide bonds.